The number of hydrogen-bond acceptors (Lipinski definition) is 1. The zero-order valence-electron chi connectivity index (χ0n) is 12.0. The molecule has 0 spiro atoms. The van der Waals surface area contributed by atoms with E-state index in [9.17, 15) is 4.39 Å². The maximum absolute atomic E-state index is 13.0. The van der Waals surface area contributed by atoms with E-state index < -0.39 is 0 Å². The van der Waals surface area contributed by atoms with Gasteiger partial charge < -0.3 is 10.6 Å². The number of aryl methyl sites for hydroxylation is 1. The van der Waals surface area contributed by atoms with E-state index >= 15 is 0 Å². The lowest BCUT2D eigenvalue weighted by molar-refractivity contribution is 0.625. The third-order valence-corrected chi connectivity index (χ3v) is 3.45. The van der Waals surface area contributed by atoms with Gasteiger partial charge in [-0.1, -0.05) is 31.2 Å². The summed E-state index contributed by atoms with van der Waals surface area (Å²) < 4.78 is 13.0. The first-order valence-corrected chi connectivity index (χ1v) is 7.46. The lowest BCUT2D eigenvalue weighted by atomic mass is 10.1. The highest BCUT2D eigenvalue weighted by atomic mass is 32.1. The zero-order valence-corrected chi connectivity index (χ0v) is 12.8. The van der Waals surface area contributed by atoms with Crippen LogP contribution < -0.4 is 10.6 Å². The Labute approximate surface area is 130 Å². The SMILES string of the molecule is CCc1ccc(NC(=S)NCCc2cccc(F)c2)cc1. The van der Waals surface area contributed by atoms with Crippen LogP contribution in [0.15, 0.2) is 48.5 Å². The smallest absolute Gasteiger partial charge is 0.170 e. The minimum atomic E-state index is -0.204. The van der Waals surface area contributed by atoms with Crippen molar-refractivity contribution in [3.8, 4) is 0 Å². The first kappa shape index (κ1) is 15.4. The van der Waals surface area contributed by atoms with Gasteiger partial charge in [0.05, 0.1) is 0 Å². The van der Waals surface area contributed by atoms with Crippen molar-refractivity contribution in [1.29, 1.82) is 0 Å². The van der Waals surface area contributed by atoms with Gasteiger partial charge in [0.2, 0.25) is 0 Å². The van der Waals surface area contributed by atoms with E-state index in [0.717, 1.165) is 24.1 Å². The normalized spacial score (nSPS) is 10.2. The first-order valence-electron chi connectivity index (χ1n) is 7.05. The molecule has 0 saturated carbocycles. The van der Waals surface area contributed by atoms with E-state index in [-0.39, 0.29) is 5.82 Å². The highest BCUT2D eigenvalue weighted by molar-refractivity contribution is 7.80. The van der Waals surface area contributed by atoms with Gasteiger partial charge >= 0.3 is 0 Å². The molecule has 2 aromatic carbocycles. The summed E-state index contributed by atoms with van der Waals surface area (Å²) >= 11 is 5.24. The summed E-state index contributed by atoms with van der Waals surface area (Å²) in [5.41, 5.74) is 3.22. The summed E-state index contributed by atoms with van der Waals surface area (Å²) in [6.07, 6.45) is 1.75. The van der Waals surface area contributed by atoms with E-state index in [1.165, 1.54) is 11.6 Å². The average Bonchev–Trinajstić information content (AvgIpc) is 2.48. The lowest BCUT2D eigenvalue weighted by Crippen LogP contribution is -2.30. The molecule has 0 aliphatic heterocycles. The molecule has 2 N–H and O–H groups in total. The number of hydrogen-bond donors (Lipinski definition) is 2. The van der Waals surface area contributed by atoms with Gasteiger partial charge in [0.25, 0.3) is 0 Å². The van der Waals surface area contributed by atoms with E-state index in [0.29, 0.717) is 11.7 Å². The Kier molecular flexibility index (Phi) is 5.69. The number of thiocarbonyl (C=S) groups is 1. The van der Waals surface area contributed by atoms with Crippen molar-refractivity contribution in [3.05, 3.63) is 65.5 Å². The van der Waals surface area contributed by atoms with Gasteiger partial charge in [-0.3, -0.25) is 0 Å². The Morgan fingerprint density at radius 1 is 1.10 bits per heavy atom. The summed E-state index contributed by atoms with van der Waals surface area (Å²) in [6.45, 7) is 2.80. The van der Waals surface area contributed by atoms with Gasteiger partial charge in [-0.15, -0.1) is 0 Å². The van der Waals surface area contributed by atoms with Crippen molar-refractivity contribution in [2.75, 3.05) is 11.9 Å². The molecule has 2 aromatic rings. The van der Waals surface area contributed by atoms with Gasteiger partial charge in [0.1, 0.15) is 5.82 Å². The monoisotopic (exact) mass is 302 g/mol. The first-order chi connectivity index (χ1) is 10.2. The van der Waals surface area contributed by atoms with Gasteiger partial charge in [-0.25, -0.2) is 4.39 Å². The second-order valence-electron chi connectivity index (χ2n) is 4.81. The maximum atomic E-state index is 13.0. The largest absolute Gasteiger partial charge is 0.362 e. The van der Waals surface area contributed by atoms with Crippen molar-refractivity contribution in [1.82, 2.24) is 5.32 Å². The summed E-state index contributed by atoms with van der Waals surface area (Å²) in [6, 6.07) is 14.8. The Bertz CT molecular complexity index is 596. The van der Waals surface area contributed by atoms with E-state index in [2.05, 4.69) is 29.7 Å². The summed E-state index contributed by atoms with van der Waals surface area (Å²) in [7, 11) is 0. The molecule has 2 rings (SSSR count). The summed E-state index contributed by atoms with van der Waals surface area (Å²) in [5.74, 6) is -0.204. The van der Waals surface area contributed by atoms with E-state index in [1.807, 2.05) is 18.2 Å². The molecule has 0 heterocycles. The third kappa shape index (κ3) is 5.16. The van der Waals surface area contributed by atoms with Gasteiger partial charge in [-0.2, -0.15) is 0 Å². The molecular weight excluding hydrogens is 283 g/mol. The van der Waals surface area contributed by atoms with Crippen LogP contribution in [-0.2, 0) is 12.8 Å². The van der Waals surface area contributed by atoms with Crippen LogP contribution in [0, 0.1) is 5.82 Å². The van der Waals surface area contributed by atoms with Crippen molar-refractivity contribution in [2.24, 2.45) is 0 Å². The van der Waals surface area contributed by atoms with Crippen LogP contribution in [0.5, 0.6) is 0 Å². The number of halogens is 1. The van der Waals surface area contributed by atoms with Crippen molar-refractivity contribution in [3.63, 3.8) is 0 Å². The molecule has 0 fully saturated rings. The lowest BCUT2D eigenvalue weighted by Gasteiger charge is -2.11. The predicted octanol–water partition coefficient (Wildman–Crippen LogP) is 3.92. The van der Waals surface area contributed by atoms with Crippen LogP contribution in [0.3, 0.4) is 0 Å². The summed E-state index contributed by atoms with van der Waals surface area (Å²) in [5, 5.41) is 6.84. The number of benzene rings is 2. The average molecular weight is 302 g/mol. The standard InChI is InChI=1S/C17H19FN2S/c1-2-13-6-8-16(9-7-13)20-17(21)19-11-10-14-4-3-5-15(18)12-14/h3-9,12H,2,10-11H2,1H3,(H2,19,20,21). The molecule has 0 unspecified atom stereocenters. The highest BCUT2D eigenvalue weighted by Crippen LogP contribution is 2.09. The van der Waals surface area contributed by atoms with Crippen molar-refractivity contribution < 1.29 is 4.39 Å². The van der Waals surface area contributed by atoms with Crippen LogP contribution in [-0.4, -0.2) is 11.7 Å². The number of anilines is 1. The third-order valence-electron chi connectivity index (χ3n) is 3.21. The molecule has 0 aliphatic rings. The molecule has 4 heteroatoms. The zero-order chi connectivity index (χ0) is 15.1. The minimum absolute atomic E-state index is 0.204. The molecule has 0 saturated heterocycles. The predicted molar refractivity (Wildman–Crippen MR) is 90.1 cm³/mol. The van der Waals surface area contributed by atoms with Gasteiger partial charge in [0.15, 0.2) is 5.11 Å². The minimum Gasteiger partial charge on any atom is -0.362 e. The van der Waals surface area contributed by atoms with Crippen LogP contribution in [0.25, 0.3) is 0 Å². The van der Waals surface area contributed by atoms with Crippen LogP contribution in [0.4, 0.5) is 10.1 Å². The quantitative estimate of drug-likeness (QED) is 0.819. The molecular formula is C17H19FN2S. The molecule has 21 heavy (non-hydrogen) atoms. The molecule has 0 bridgehead atoms. The Morgan fingerprint density at radius 2 is 1.86 bits per heavy atom. The van der Waals surface area contributed by atoms with Crippen molar-refractivity contribution in [2.45, 2.75) is 19.8 Å². The van der Waals surface area contributed by atoms with Gasteiger partial charge in [-0.05, 0) is 60.5 Å². The van der Waals surface area contributed by atoms with Crippen LogP contribution in [0.1, 0.15) is 18.1 Å². The van der Waals surface area contributed by atoms with Crippen LogP contribution >= 0.6 is 12.2 Å². The second kappa shape index (κ2) is 7.74. The summed E-state index contributed by atoms with van der Waals surface area (Å²) in [4.78, 5) is 0. The number of nitrogens with one attached hydrogen (secondary N) is 2. The second-order valence-corrected chi connectivity index (χ2v) is 5.22. The molecule has 0 atom stereocenters. The molecule has 0 aromatic heterocycles. The molecule has 0 radical (unpaired) electrons. The molecule has 110 valence electrons. The fourth-order valence-corrected chi connectivity index (χ4v) is 2.23. The highest BCUT2D eigenvalue weighted by Gasteiger charge is 1.99. The van der Waals surface area contributed by atoms with Crippen LogP contribution in [0.2, 0.25) is 0 Å². The maximum Gasteiger partial charge on any atom is 0.170 e. The Hall–Kier alpha value is -1.94. The molecule has 0 amide bonds. The molecule has 0 aliphatic carbocycles. The Balaban J connectivity index is 1.76. The van der Waals surface area contributed by atoms with Crippen molar-refractivity contribution >= 4 is 23.0 Å². The van der Waals surface area contributed by atoms with E-state index in [1.54, 1.807) is 12.1 Å². The number of rotatable bonds is 5. The topological polar surface area (TPSA) is 24.1 Å². The fraction of sp³-hybridized carbons (Fsp3) is 0.235. The Morgan fingerprint density at radius 3 is 2.52 bits per heavy atom. The van der Waals surface area contributed by atoms with Gasteiger partial charge in [0, 0.05) is 12.2 Å². The molecule has 2 nitrogen and oxygen atoms in total. The fourth-order valence-electron chi connectivity index (χ4n) is 2.01. The van der Waals surface area contributed by atoms with E-state index in [4.69, 9.17) is 12.2 Å².